The van der Waals surface area contributed by atoms with Crippen molar-refractivity contribution < 1.29 is 48.8 Å². The van der Waals surface area contributed by atoms with E-state index in [1.165, 1.54) is 0 Å². The zero-order chi connectivity index (χ0) is 25.8. The third kappa shape index (κ3) is 5.81. The first kappa shape index (κ1) is 27.5. The second-order valence-electron chi connectivity index (χ2n) is 10.0. The second kappa shape index (κ2) is 12.4. The lowest BCUT2D eigenvalue weighted by Gasteiger charge is -2.39. The molecule has 204 valence electrons. The van der Waals surface area contributed by atoms with Crippen LogP contribution in [0.4, 0.5) is 0 Å². The SMILES string of the molecule is COc1ccc(C2CC3CC(CCCO[C@@H]4OC(CO)[C@@H](O)C(O)C4O)CC(OC)C3O2)cc1OC. The maximum absolute atomic E-state index is 10.1. The predicted octanol–water partition coefficient (Wildman–Crippen LogP) is 1.17. The largest absolute Gasteiger partial charge is 0.493 e. The van der Waals surface area contributed by atoms with E-state index in [1.54, 1.807) is 21.3 Å². The number of aliphatic hydroxyl groups excluding tert-OH is 4. The van der Waals surface area contributed by atoms with Gasteiger partial charge in [-0.15, -0.1) is 0 Å². The molecule has 10 heteroatoms. The summed E-state index contributed by atoms with van der Waals surface area (Å²) in [5.41, 5.74) is 1.07. The molecule has 0 amide bonds. The van der Waals surface area contributed by atoms with Gasteiger partial charge >= 0.3 is 0 Å². The van der Waals surface area contributed by atoms with Crippen molar-refractivity contribution in [3.05, 3.63) is 23.8 Å². The Kier molecular flexibility index (Phi) is 9.45. The average molecular weight is 513 g/mol. The van der Waals surface area contributed by atoms with E-state index < -0.39 is 37.3 Å². The van der Waals surface area contributed by atoms with Crippen molar-refractivity contribution in [2.45, 2.75) is 81.1 Å². The van der Waals surface area contributed by atoms with Crippen LogP contribution in [-0.4, -0.2) is 97.9 Å². The Morgan fingerprint density at radius 3 is 2.39 bits per heavy atom. The summed E-state index contributed by atoms with van der Waals surface area (Å²) < 4.78 is 34.2. The summed E-state index contributed by atoms with van der Waals surface area (Å²) in [6.07, 6.45) is -1.69. The molecule has 4 N–H and O–H groups in total. The Morgan fingerprint density at radius 2 is 1.69 bits per heavy atom. The van der Waals surface area contributed by atoms with Crippen LogP contribution in [0.25, 0.3) is 0 Å². The van der Waals surface area contributed by atoms with Gasteiger partial charge in [-0.3, -0.25) is 0 Å². The highest BCUT2D eigenvalue weighted by atomic mass is 16.7. The second-order valence-corrected chi connectivity index (χ2v) is 10.0. The van der Waals surface area contributed by atoms with Crippen molar-refractivity contribution in [1.82, 2.24) is 0 Å². The Bertz CT molecular complexity index is 835. The van der Waals surface area contributed by atoms with Crippen LogP contribution in [-0.2, 0) is 18.9 Å². The van der Waals surface area contributed by atoms with Crippen LogP contribution in [0.5, 0.6) is 11.5 Å². The summed E-state index contributed by atoms with van der Waals surface area (Å²) in [5, 5.41) is 39.3. The summed E-state index contributed by atoms with van der Waals surface area (Å²) in [4.78, 5) is 0. The molecule has 10 nitrogen and oxygen atoms in total. The molecule has 2 aliphatic heterocycles. The number of ether oxygens (including phenoxy) is 6. The molecule has 1 aliphatic carbocycles. The maximum atomic E-state index is 10.1. The molecular formula is C26H40O10. The van der Waals surface area contributed by atoms with Crippen LogP contribution in [0.1, 0.15) is 43.8 Å². The topological polar surface area (TPSA) is 136 Å². The number of hydrogen-bond donors (Lipinski definition) is 4. The molecule has 3 fully saturated rings. The summed E-state index contributed by atoms with van der Waals surface area (Å²) in [6, 6.07) is 5.92. The fraction of sp³-hybridized carbons (Fsp3) is 0.769. The minimum Gasteiger partial charge on any atom is -0.493 e. The van der Waals surface area contributed by atoms with Gasteiger partial charge < -0.3 is 48.8 Å². The Balaban J connectivity index is 1.29. The van der Waals surface area contributed by atoms with Crippen LogP contribution in [0.15, 0.2) is 18.2 Å². The molecule has 4 rings (SSSR count). The van der Waals surface area contributed by atoms with Gasteiger partial charge in [0.25, 0.3) is 0 Å². The summed E-state index contributed by atoms with van der Waals surface area (Å²) in [5.74, 6) is 2.21. The Hall–Kier alpha value is -1.50. The maximum Gasteiger partial charge on any atom is 0.186 e. The summed E-state index contributed by atoms with van der Waals surface area (Å²) in [7, 11) is 4.99. The minimum atomic E-state index is -1.43. The first-order valence-electron chi connectivity index (χ1n) is 12.7. The number of aliphatic hydroxyl groups is 4. The van der Waals surface area contributed by atoms with E-state index in [1.807, 2.05) is 18.2 Å². The average Bonchev–Trinajstić information content (AvgIpc) is 3.34. The normalized spacial score (nSPS) is 38.5. The van der Waals surface area contributed by atoms with Crippen LogP contribution < -0.4 is 9.47 Å². The van der Waals surface area contributed by atoms with Crippen molar-refractivity contribution in [2.24, 2.45) is 11.8 Å². The lowest BCUT2D eigenvalue weighted by molar-refractivity contribution is -0.301. The molecule has 2 saturated heterocycles. The van der Waals surface area contributed by atoms with Crippen LogP contribution >= 0.6 is 0 Å². The molecule has 10 atom stereocenters. The molecule has 1 aromatic rings. The molecule has 36 heavy (non-hydrogen) atoms. The van der Waals surface area contributed by atoms with E-state index in [0.29, 0.717) is 29.9 Å². The van der Waals surface area contributed by atoms with E-state index in [2.05, 4.69) is 0 Å². The Labute approximate surface area is 212 Å². The van der Waals surface area contributed by atoms with Crippen molar-refractivity contribution in [1.29, 1.82) is 0 Å². The van der Waals surface area contributed by atoms with Crippen molar-refractivity contribution in [3.8, 4) is 11.5 Å². The van der Waals surface area contributed by atoms with E-state index in [-0.39, 0.29) is 18.3 Å². The van der Waals surface area contributed by atoms with Gasteiger partial charge in [-0.2, -0.15) is 0 Å². The van der Waals surface area contributed by atoms with E-state index in [4.69, 9.17) is 28.4 Å². The van der Waals surface area contributed by atoms with E-state index >= 15 is 0 Å². The minimum absolute atomic E-state index is 0.0188. The van der Waals surface area contributed by atoms with Gasteiger partial charge in [0.15, 0.2) is 17.8 Å². The van der Waals surface area contributed by atoms with Gasteiger partial charge in [-0.1, -0.05) is 6.07 Å². The number of methoxy groups -OCH3 is 3. The molecule has 0 aromatic heterocycles. The fourth-order valence-corrected chi connectivity index (χ4v) is 5.88. The third-order valence-corrected chi connectivity index (χ3v) is 7.84. The molecule has 1 aromatic carbocycles. The standard InChI is InChI=1S/C26H40O10/c1-31-17-7-6-15(11-19(17)32-2)18-12-16-9-14(10-20(33-3)25(16)35-18)5-4-8-34-26-24(30)23(29)22(28)21(13-27)36-26/h6-7,11,14,16,18,20-30H,4-5,8-10,12-13H2,1-3H3/t14?,16?,18?,20?,21?,22-,23?,24?,25?,26-/m1/s1. The number of hydrogen-bond acceptors (Lipinski definition) is 10. The first-order valence-corrected chi connectivity index (χ1v) is 12.7. The molecule has 0 bridgehead atoms. The van der Waals surface area contributed by atoms with Gasteiger partial charge in [-0.25, -0.2) is 0 Å². The number of fused-ring (bicyclic) bond motifs is 1. The molecule has 8 unspecified atom stereocenters. The number of benzene rings is 1. The molecule has 1 saturated carbocycles. The van der Waals surface area contributed by atoms with E-state index in [9.17, 15) is 20.4 Å². The molecule has 2 heterocycles. The van der Waals surface area contributed by atoms with Crippen LogP contribution in [0.3, 0.4) is 0 Å². The zero-order valence-corrected chi connectivity index (χ0v) is 21.2. The highest BCUT2D eigenvalue weighted by molar-refractivity contribution is 5.43. The van der Waals surface area contributed by atoms with Gasteiger partial charge in [0, 0.05) is 13.7 Å². The van der Waals surface area contributed by atoms with Gasteiger partial charge in [0.1, 0.15) is 24.4 Å². The smallest absolute Gasteiger partial charge is 0.186 e. The lowest BCUT2D eigenvalue weighted by atomic mass is 9.75. The number of rotatable bonds is 10. The molecule has 3 aliphatic rings. The van der Waals surface area contributed by atoms with E-state index in [0.717, 1.165) is 37.7 Å². The third-order valence-electron chi connectivity index (χ3n) is 7.84. The van der Waals surface area contributed by atoms with Crippen molar-refractivity contribution in [2.75, 3.05) is 34.5 Å². The van der Waals surface area contributed by atoms with Crippen LogP contribution in [0.2, 0.25) is 0 Å². The summed E-state index contributed by atoms with van der Waals surface area (Å²) >= 11 is 0. The van der Waals surface area contributed by atoms with Crippen molar-refractivity contribution in [3.63, 3.8) is 0 Å². The predicted molar refractivity (Wildman–Crippen MR) is 128 cm³/mol. The molecule has 0 radical (unpaired) electrons. The van der Waals surface area contributed by atoms with Crippen LogP contribution in [0, 0.1) is 11.8 Å². The molecule has 0 spiro atoms. The highest BCUT2D eigenvalue weighted by Gasteiger charge is 2.46. The highest BCUT2D eigenvalue weighted by Crippen LogP contribution is 2.48. The Morgan fingerprint density at radius 1 is 0.917 bits per heavy atom. The lowest BCUT2D eigenvalue weighted by Crippen LogP contribution is -2.59. The van der Waals surface area contributed by atoms with Crippen molar-refractivity contribution >= 4 is 0 Å². The quantitative estimate of drug-likeness (QED) is 0.338. The van der Waals surface area contributed by atoms with Gasteiger partial charge in [-0.05, 0) is 61.6 Å². The van der Waals surface area contributed by atoms with Gasteiger partial charge in [0.2, 0.25) is 0 Å². The summed E-state index contributed by atoms with van der Waals surface area (Å²) in [6.45, 7) is -0.143. The first-order chi connectivity index (χ1) is 17.4. The fourth-order valence-electron chi connectivity index (χ4n) is 5.88. The monoisotopic (exact) mass is 512 g/mol. The van der Waals surface area contributed by atoms with Gasteiger partial charge in [0.05, 0.1) is 39.1 Å². The molecular weight excluding hydrogens is 472 g/mol. The zero-order valence-electron chi connectivity index (χ0n) is 21.2.